The van der Waals surface area contributed by atoms with Gasteiger partial charge in [-0.3, -0.25) is 19.3 Å². The molecule has 0 atom stereocenters. The number of ether oxygens (including phenoxy) is 1. The highest BCUT2D eigenvalue weighted by Gasteiger charge is 2.39. The third-order valence-corrected chi connectivity index (χ3v) is 5.03. The Hall–Kier alpha value is -3.16. The molecule has 1 aliphatic heterocycles. The SMILES string of the molecule is COCCN1C(=O)C(Nc2ccc(C)c(Cl)c2)=C(c2ccc(NC(C)=O)cc2)C1=O. The van der Waals surface area contributed by atoms with Crippen molar-refractivity contribution in [3.05, 3.63) is 64.3 Å². The van der Waals surface area contributed by atoms with Gasteiger partial charge in [0.25, 0.3) is 11.8 Å². The molecule has 0 radical (unpaired) electrons. The van der Waals surface area contributed by atoms with Crippen LogP contribution >= 0.6 is 11.6 Å². The molecule has 30 heavy (non-hydrogen) atoms. The summed E-state index contributed by atoms with van der Waals surface area (Å²) >= 11 is 6.20. The first kappa shape index (κ1) is 21.5. The van der Waals surface area contributed by atoms with Gasteiger partial charge in [-0.2, -0.15) is 0 Å². The van der Waals surface area contributed by atoms with E-state index in [-0.39, 0.29) is 30.3 Å². The summed E-state index contributed by atoms with van der Waals surface area (Å²) < 4.78 is 5.03. The molecule has 156 valence electrons. The van der Waals surface area contributed by atoms with E-state index >= 15 is 0 Å². The van der Waals surface area contributed by atoms with Gasteiger partial charge in [0.2, 0.25) is 5.91 Å². The Bertz CT molecular complexity index is 1030. The third-order valence-electron chi connectivity index (χ3n) is 4.62. The lowest BCUT2D eigenvalue weighted by molar-refractivity contribution is -0.137. The number of rotatable bonds is 7. The molecule has 1 heterocycles. The van der Waals surface area contributed by atoms with Crippen molar-refractivity contribution < 1.29 is 19.1 Å². The lowest BCUT2D eigenvalue weighted by Gasteiger charge is -2.14. The van der Waals surface area contributed by atoms with Crippen LogP contribution in [0.4, 0.5) is 11.4 Å². The van der Waals surface area contributed by atoms with Crippen LogP contribution in [0, 0.1) is 6.92 Å². The van der Waals surface area contributed by atoms with Gasteiger partial charge in [0, 0.05) is 30.4 Å². The minimum atomic E-state index is -0.435. The van der Waals surface area contributed by atoms with Crippen LogP contribution in [-0.2, 0) is 19.1 Å². The molecule has 0 bridgehead atoms. The van der Waals surface area contributed by atoms with Crippen molar-refractivity contribution in [1.29, 1.82) is 0 Å². The highest BCUT2D eigenvalue weighted by Crippen LogP contribution is 2.32. The van der Waals surface area contributed by atoms with Crippen LogP contribution in [0.15, 0.2) is 48.2 Å². The Kier molecular flexibility index (Phi) is 6.54. The van der Waals surface area contributed by atoms with E-state index in [1.165, 1.54) is 14.0 Å². The highest BCUT2D eigenvalue weighted by atomic mass is 35.5. The van der Waals surface area contributed by atoms with Gasteiger partial charge in [0.05, 0.1) is 18.7 Å². The van der Waals surface area contributed by atoms with Crippen LogP contribution in [-0.4, -0.2) is 42.9 Å². The molecule has 7 nitrogen and oxygen atoms in total. The Morgan fingerprint density at radius 3 is 2.33 bits per heavy atom. The number of carbonyl (C=O) groups excluding carboxylic acids is 3. The fraction of sp³-hybridized carbons (Fsp3) is 0.227. The largest absolute Gasteiger partial charge is 0.383 e. The number of imide groups is 1. The quantitative estimate of drug-likeness (QED) is 0.661. The van der Waals surface area contributed by atoms with E-state index in [4.69, 9.17) is 16.3 Å². The fourth-order valence-corrected chi connectivity index (χ4v) is 3.26. The monoisotopic (exact) mass is 427 g/mol. The van der Waals surface area contributed by atoms with E-state index < -0.39 is 11.8 Å². The van der Waals surface area contributed by atoms with Crippen molar-refractivity contribution in [1.82, 2.24) is 4.90 Å². The smallest absolute Gasteiger partial charge is 0.278 e. The van der Waals surface area contributed by atoms with Gasteiger partial charge in [0.15, 0.2) is 0 Å². The molecule has 1 aliphatic rings. The van der Waals surface area contributed by atoms with Gasteiger partial charge in [0.1, 0.15) is 5.70 Å². The van der Waals surface area contributed by atoms with Gasteiger partial charge in [-0.15, -0.1) is 0 Å². The van der Waals surface area contributed by atoms with E-state index in [1.807, 2.05) is 13.0 Å². The molecule has 0 saturated heterocycles. The molecule has 2 N–H and O–H groups in total. The maximum absolute atomic E-state index is 13.1. The molecule has 0 unspecified atom stereocenters. The molecule has 0 saturated carbocycles. The van der Waals surface area contributed by atoms with Crippen molar-refractivity contribution in [2.24, 2.45) is 0 Å². The lowest BCUT2D eigenvalue weighted by atomic mass is 10.0. The molecule has 3 rings (SSSR count). The number of nitrogens with zero attached hydrogens (tertiary/aromatic N) is 1. The van der Waals surface area contributed by atoms with Gasteiger partial charge in [-0.05, 0) is 42.3 Å². The molecular formula is C22H22ClN3O4. The highest BCUT2D eigenvalue weighted by molar-refractivity contribution is 6.36. The molecule has 0 fully saturated rings. The van der Waals surface area contributed by atoms with Crippen molar-refractivity contribution in [3.8, 4) is 0 Å². The Labute approximate surface area is 179 Å². The number of nitrogens with one attached hydrogen (secondary N) is 2. The van der Waals surface area contributed by atoms with Crippen molar-refractivity contribution in [2.75, 3.05) is 30.9 Å². The van der Waals surface area contributed by atoms with Crippen LogP contribution in [0.2, 0.25) is 5.02 Å². The predicted molar refractivity (Wildman–Crippen MR) is 116 cm³/mol. The summed E-state index contributed by atoms with van der Waals surface area (Å²) in [6.07, 6.45) is 0. The van der Waals surface area contributed by atoms with Crippen LogP contribution < -0.4 is 10.6 Å². The number of hydrogen-bond donors (Lipinski definition) is 2. The number of carbonyl (C=O) groups is 3. The summed E-state index contributed by atoms with van der Waals surface area (Å²) in [6.45, 7) is 3.67. The molecule has 3 amide bonds. The van der Waals surface area contributed by atoms with Gasteiger partial charge in [-0.1, -0.05) is 29.8 Å². The van der Waals surface area contributed by atoms with Gasteiger partial charge < -0.3 is 15.4 Å². The molecule has 8 heteroatoms. The van der Waals surface area contributed by atoms with E-state index in [0.29, 0.717) is 22.0 Å². The standard InChI is InChI=1S/C22H22ClN3O4/c1-13-4-7-17(12-18(13)23)25-20-19(21(28)26(22(20)29)10-11-30-3)15-5-8-16(9-6-15)24-14(2)27/h4-9,12,25H,10-11H2,1-3H3,(H,24,27). The second kappa shape index (κ2) is 9.11. The Morgan fingerprint density at radius 1 is 1.07 bits per heavy atom. The number of amides is 3. The summed E-state index contributed by atoms with van der Waals surface area (Å²) in [5.74, 6) is -1.04. The summed E-state index contributed by atoms with van der Waals surface area (Å²) in [5.41, 5.74) is 3.08. The molecule has 0 aliphatic carbocycles. The van der Waals surface area contributed by atoms with Crippen molar-refractivity contribution in [2.45, 2.75) is 13.8 Å². The number of methoxy groups -OCH3 is 1. The maximum Gasteiger partial charge on any atom is 0.278 e. The zero-order valence-corrected chi connectivity index (χ0v) is 17.7. The molecular weight excluding hydrogens is 406 g/mol. The van der Waals surface area contributed by atoms with Crippen molar-refractivity contribution >= 4 is 46.3 Å². The van der Waals surface area contributed by atoms with Gasteiger partial charge in [-0.25, -0.2) is 0 Å². The number of halogens is 1. The fourth-order valence-electron chi connectivity index (χ4n) is 3.08. The second-order valence-electron chi connectivity index (χ2n) is 6.85. The minimum Gasteiger partial charge on any atom is -0.383 e. The minimum absolute atomic E-state index is 0.140. The summed E-state index contributed by atoms with van der Waals surface area (Å²) in [4.78, 5) is 38.5. The van der Waals surface area contributed by atoms with Crippen LogP contribution in [0.5, 0.6) is 0 Å². The first-order valence-electron chi connectivity index (χ1n) is 9.32. The van der Waals surface area contributed by atoms with Crippen molar-refractivity contribution in [3.63, 3.8) is 0 Å². The second-order valence-corrected chi connectivity index (χ2v) is 7.26. The molecule has 2 aromatic carbocycles. The Morgan fingerprint density at radius 2 is 1.73 bits per heavy atom. The van der Waals surface area contributed by atoms with E-state index in [9.17, 15) is 14.4 Å². The Balaban J connectivity index is 2.01. The number of benzene rings is 2. The van der Waals surface area contributed by atoms with Gasteiger partial charge >= 0.3 is 0 Å². The average molecular weight is 428 g/mol. The van der Waals surface area contributed by atoms with Crippen LogP contribution in [0.25, 0.3) is 5.57 Å². The maximum atomic E-state index is 13.1. The number of hydrogen-bond acceptors (Lipinski definition) is 5. The predicted octanol–water partition coefficient (Wildman–Crippen LogP) is 3.45. The summed E-state index contributed by atoms with van der Waals surface area (Å²) in [6, 6.07) is 12.1. The normalized spacial score (nSPS) is 13.8. The first-order valence-corrected chi connectivity index (χ1v) is 9.70. The van der Waals surface area contributed by atoms with Crippen LogP contribution in [0.3, 0.4) is 0 Å². The molecule has 2 aromatic rings. The topological polar surface area (TPSA) is 87.7 Å². The van der Waals surface area contributed by atoms with E-state index in [2.05, 4.69) is 10.6 Å². The lowest BCUT2D eigenvalue weighted by Crippen LogP contribution is -2.35. The molecule has 0 spiro atoms. The van der Waals surface area contributed by atoms with Crippen LogP contribution in [0.1, 0.15) is 18.1 Å². The third kappa shape index (κ3) is 4.53. The summed E-state index contributed by atoms with van der Waals surface area (Å²) in [5, 5.41) is 6.29. The number of aryl methyl sites for hydroxylation is 1. The van der Waals surface area contributed by atoms with E-state index in [1.54, 1.807) is 36.4 Å². The zero-order valence-electron chi connectivity index (χ0n) is 16.9. The molecule has 0 aromatic heterocycles. The zero-order chi connectivity index (χ0) is 21.8. The average Bonchev–Trinajstić information content (AvgIpc) is 2.93. The van der Waals surface area contributed by atoms with E-state index in [0.717, 1.165) is 10.5 Å². The number of anilines is 2. The summed E-state index contributed by atoms with van der Waals surface area (Å²) in [7, 11) is 1.51. The first-order chi connectivity index (χ1) is 14.3.